The molecule has 0 aliphatic heterocycles. The van der Waals surface area contributed by atoms with Gasteiger partial charge >= 0.3 is 0 Å². The van der Waals surface area contributed by atoms with Crippen LogP contribution in [0.15, 0.2) is 79.0 Å². The number of hydrogen-bond donors (Lipinski definition) is 2. The lowest BCUT2D eigenvalue weighted by Gasteiger charge is -2.17. The standard InChI is InChI=1S/C22H23N3O/c1-2-15-23-19-13-14-20(24-16-19)25-22(26)21(17-9-5-3-6-10-17)18-11-7-4-8-12-18/h3-14,16,21,23H,2,15H2,1H3,(H,24,25,26). The summed E-state index contributed by atoms with van der Waals surface area (Å²) in [6, 6.07) is 23.4. The first-order chi connectivity index (χ1) is 12.8. The van der Waals surface area contributed by atoms with Gasteiger partial charge in [-0.2, -0.15) is 0 Å². The normalized spacial score (nSPS) is 10.5. The predicted molar refractivity (Wildman–Crippen MR) is 106 cm³/mol. The fourth-order valence-corrected chi connectivity index (χ4v) is 2.83. The highest BCUT2D eigenvalue weighted by atomic mass is 16.1. The van der Waals surface area contributed by atoms with E-state index in [2.05, 4.69) is 22.5 Å². The Morgan fingerprint density at radius 3 is 2.04 bits per heavy atom. The van der Waals surface area contributed by atoms with Crippen molar-refractivity contribution in [3.63, 3.8) is 0 Å². The molecule has 3 aromatic rings. The molecule has 4 heteroatoms. The molecular weight excluding hydrogens is 322 g/mol. The molecule has 2 aromatic carbocycles. The summed E-state index contributed by atoms with van der Waals surface area (Å²) in [7, 11) is 0. The first-order valence-corrected chi connectivity index (χ1v) is 8.88. The summed E-state index contributed by atoms with van der Waals surface area (Å²) in [5.41, 5.74) is 2.86. The Labute approximate surface area is 154 Å². The van der Waals surface area contributed by atoms with E-state index in [9.17, 15) is 4.79 Å². The van der Waals surface area contributed by atoms with E-state index in [1.165, 1.54) is 0 Å². The largest absolute Gasteiger partial charge is 0.384 e. The second-order valence-electron chi connectivity index (χ2n) is 6.10. The number of carbonyl (C=O) groups excluding carboxylic acids is 1. The van der Waals surface area contributed by atoms with E-state index in [-0.39, 0.29) is 11.8 Å². The van der Waals surface area contributed by atoms with Gasteiger partial charge in [-0.15, -0.1) is 0 Å². The van der Waals surface area contributed by atoms with Crippen LogP contribution in [0.3, 0.4) is 0 Å². The third-order valence-corrected chi connectivity index (χ3v) is 4.12. The van der Waals surface area contributed by atoms with Crippen molar-refractivity contribution in [2.75, 3.05) is 17.2 Å². The Bertz CT molecular complexity index is 778. The van der Waals surface area contributed by atoms with Crippen LogP contribution in [0.2, 0.25) is 0 Å². The van der Waals surface area contributed by atoms with Crippen LogP contribution in [0.5, 0.6) is 0 Å². The number of benzene rings is 2. The minimum absolute atomic E-state index is 0.0934. The van der Waals surface area contributed by atoms with Crippen molar-refractivity contribution >= 4 is 17.4 Å². The third kappa shape index (κ3) is 4.48. The summed E-state index contributed by atoms with van der Waals surface area (Å²) in [4.78, 5) is 17.4. The molecule has 1 aromatic heterocycles. The smallest absolute Gasteiger partial charge is 0.237 e. The molecule has 1 amide bonds. The van der Waals surface area contributed by atoms with Gasteiger partial charge in [0.05, 0.1) is 17.8 Å². The molecule has 0 spiro atoms. The quantitative estimate of drug-likeness (QED) is 0.654. The van der Waals surface area contributed by atoms with Gasteiger partial charge in [-0.05, 0) is 29.7 Å². The molecular formula is C22H23N3O. The first kappa shape index (κ1) is 17.7. The molecule has 0 unspecified atom stereocenters. The van der Waals surface area contributed by atoms with E-state index in [0.717, 1.165) is 29.8 Å². The molecule has 0 atom stereocenters. The monoisotopic (exact) mass is 345 g/mol. The number of carbonyl (C=O) groups is 1. The van der Waals surface area contributed by atoms with Crippen LogP contribution >= 0.6 is 0 Å². The highest BCUT2D eigenvalue weighted by Gasteiger charge is 2.22. The SMILES string of the molecule is CCCNc1ccc(NC(=O)C(c2ccccc2)c2ccccc2)nc1. The average Bonchev–Trinajstić information content (AvgIpc) is 2.69. The zero-order valence-corrected chi connectivity index (χ0v) is 14.9. The molecule has 3 rings (SSSR count). The van der Waals surface area contributed by atoms with Crippen LogP contribution in [0, 0.1) is 0 Å². The van der Waals surface area contributed by atoms with Crippen molar-refractivity contribution in [1.82, 2.24) is 4.98 Å². The van der Waals surface area contributed by atoms with Gasteiger partial charge in [0.15, 0.2) is 0 Å². The Balaban J connectivity index is 1.80. The molecule has 0 saturated carbocycles. The van der Waals surface area contributed by atoms with Crippen molar-refractivity contribution in [3.05, 3.63) is 90.1 Å². The molecule has 0 fully saturated rings. The highest BCUT2D eigenvalue weighted by Crippen LogP contribution is 2.26. The molecule has 26 heavy (non-hydrogen) atoms. The van der Waals surface area contributed by atoms with Gasteiger partial charge in [0.1, 0.15) is 5.82 Å². The summed E-state index contributed by atoms with van der Waals surface area (Å²) in [5, 5.41) is 6.22. The van der Waals surface area contributed by atoms with Crippen LogP contribution in [-0.4, -0.2) is 17.4 Å². The number of aromatic nitrogens is 1. The predicted octanol–water partition coefficient (Wildman–Crippen LogP) is 4.67. The topological polar surface area (TPSA) is 54.0 Å². The maximum absolute atomic E-state index is 13.0. The van der Waals surface area contributed by atoms with Crippen molar-refractivity contribution in [2.24, 2.45) is 0 Å². The van der Waals surface area contributed by atoms with Gasteiger partial charge in [-0.25, -0.2) is 4.98 Å². The summed E-state index contributed by atoms with van der Waals surface area (Å²) < 4.78 is 0. The molecule has 0 saturated heterocycles. The lowest BCUT2D eigenvalue weighted by molar-refractivity contribution is -0.116. The van der Waals surface area contributed by atoms with Gasteiger partial charge in [-0.3, -0.25) is 4.79 Å². The van der Waals surface area contributed by atoms with Crippen molar-refractivity contribution in [1.29, 1.82) is 0 Å². The third-order valence-electron chi connectivity index (χ3n) is 4.12. The molecule has 2 N–H and O–H groups in total. The van der Waals surface area contributed by atoms with Gasteiger partial charge in [0, 0.05) is 6.54 Å². The van der Waals surface area contributed by atoms with Crippen molar-refractivity contribution < 1.29 is 4.79 Å². The Morgan fingerprint density at radius 1 is 0.923 bits per heavy atom. The van der Waals surface area contributed by atoms with Gasteiger partial charge in [-0.1, -0.05) is 67.6 Å². The number of nitrogens with one attached hydrogen (secondary N) is 2. The fourth-order valence-electron chi connectivity index (χ4n) is 2.83. The van der Waals surface area contributed by atoms with E-state index in [1.807, 2.05) is 72.8 Å². The van der Waals surface area contributed by atoms with Crippen LogP contribution in [0.4, 0.5) is 11.5 Å². The summed E-state index contributed by atoms with van der Waals surface area (Å²) >= 11 is 0. The second kappa shape index (κ2) is 8.81. The van der Waals surface area contributed by atoms with Gasteiger partial charge < -0.3 is 10.6 Å². The van der Waals surface area contributed by atoms with E-state index in [4.69, 9.17) is 0 Å². The van der Waals surface area contributed by atoms with Gasteiger partial charge in [0.2, 0.25) is 5.91 Å². The second-order valence-corrected chi connectivity index (χ2v) is 6.10. The van der Waals surface area contributed by atoms with Gasteiger partial charge in [0.25, 0.3) is 0 Å². The number of pyridine rings is 1. The molecule has 132 valence electrons. The number of anilines is 2. The minimum atomic E-state index is -0.378. The maximum Gasteiger partial charge on any atom is 0.237 e. The Hall–Kier alpha value is -3.14. The summed E-state index contributed by atoms with van der Waals surface area (Å²) in [5.74, 6) is 0.0789. The zero-order chi connectivity index (χ0) is 18.2. The molecule has 4 nitrogen and oxygen atoms in total. The molecule has 0 aliphatic carbocycles. The number of amides is 1. The number of rotatable bonds is 7. The lowest BCUT2D eigenvalue weighted by Crippen LogP contribution is -2.22. The van der Waals surface area contributed by atoms with Crippen LogP contribution in [0.25, 0.3) is 0 Å². The Kier molecular flexibility index (Phi) is 5.99. The van der Waals surface area contributed by atoms with E-state index >= 15 is 0 Å². The Morgan fingerprint density at radius 2 is 1.54 bits per heavy atom. The molecule has 0 aliphatic rings. The summed E-state index contributed by atoms with van der Waals surface area (Å²) in [6.45, 7) is 3.01. The zero-order valence-electron chi connectivity index (χ0n) is 14.9. The maximum atomic E-state index is 13.0. The first-order valence-electron chi connectivity index (χ1n) is 8.88. The lowest BCUT2D eigenvalue weighted by atomic mass is 9.90. The number of nitrogens with zero attached hydrogens (tertiary/aromatic N) is 1. The van der Waals surface area contributed by atoms with E-state index in [1.54, 1.807) is 6.20 Å². The number of hydrogen-bond acceptors (Lipinski definition) is 3. The van der Waals surface area contributed by atoms with E-state index < -0.39 is 0 Å². The van der Waals surface area contributed by atoms with Crippen LogP contribution < -0.4 is 10.6 Å². The molecule has 0 bridgehead atoms. The molecule has 1 heterocycles. The van der Waals surface area contributed by atoms with Crippen LogP contribution in [-0.2, 0) is 4.79 Å². The van der Waals surface area contributed by atoms with Crippen molar-refractivity contribution in [3.8, 4) is 0 Å². The molecule has 0 radical (unpaired) electrons. The minimum Gasteiger partial charge on any atom is -0.384 e. The fraction of sp³-hybridized carbons (Fsp3) is 0.182. The van der Waals surface area contributed by atoms with E-state index in [0.29, 0.717) is 5.82 Å². The summed E-state index contributed by atoms with van der Waals surface area (Å²) in [6.07, 6.45) is 2.79. The average molecular weight is 345 g/mol. The van der Waals surface area contributed by atoms with Crippen LogP contribution in [0.1, 0.15) is 30.4 Å². The van der Waals surface area contributed by atoms with Crippen molar-refractivity contribution in [2.45, 2.75) is 19.3 Å². The highest BCUT2D eigenvalue weighted by molar-refractivity contribution is 5.97.